The molecule has 1 N–H and O–H groups in total. The first-order chi connectivity index (χ1) is 6.83. The largest absolute Gasteiger partial charge is 0.447 e. The van der Waals surface area contributed by atoms with E-state index in [-0.39, 0.29) is 12.1 Å². The van der Waals surface area contributed by atoms with Crippen molar-refractivity contribution < 1.29 is 9.53 Å². The number of hydrogen-bond donors (Lipinski definition) is 1. The van der Waals surface area contributed by atoms with Crippen LogP contribution in [0.2, 0.25) is 0 Å². The van der Waals surface area contributed by atoms with E-state index in [9.17, 15) is 4.79 Å². The van der Waals surface area contributed by atoms with E-state index in [1.54, 1.807) is 11.3 Å². The average Bonchev–Trinajstić information content (AvgIpc) is 2.76. The van der Waals surface area contributed by atoms with Crippen LogP contribution in [0.15, 0.2) is 5.38 Å². The molecule has 1 unspecified atom stereocenters. The third-order valence-corrected chi connectivity index (χ3v) is 3.52. The predicted molar refractivity (Wildman–Crippen MR) is 51.3 cm³/mol. The maximum Gasteiger partial charge on any atom is 0.407 e. The molecular weight excluding hydrogens is 200 g/mol. The number of alkyl carbamates (subject to hydrolysis) is 1. The van der Waals surface area contributed by atoms with Crippen molar-refractivity contribution in [1.82, 2.24) is 10.3 Å². The second kappa shape index (κ2) is 2.95. The highest BCUT2D eigenvalue weighted by Crippen LogP contribution is 2.41. The van der Waals surface area contributed by atoms with Gasteiger partial charge in [0.15, 0.2) is 0 Å². The SMILES string of the molecule is O=C1NC(c2csc(C3CC3)n2)CO1. The fraction of sp³-hybridized carbons (Fsp3) is 0.556. The molecule has 1 aromatic heterocycles. The van der Waals surface area contributed by atoms with Crippen molar-refractivity contribution in [2.45, 2.75) is 24.8 Å². The zero-order valence-electron chi connectivity index (χ0n) is 7.53. The quantitative estimate of drug-likeness (QED) is 0.809. The minimum Gasteiger partial charge on any atom is -0.447 e. The fourth-order valence-electron chi connectivity index (χ4n) is 1.52. The van der Waals surface area contributed by atoms with Gasteiger partial charge in [-0.1, -0.05) is 0 Å². The van der Waals surface area contributed by atoms with Crippen molar-refractivity contribution in [2.75, 3.05) is 6.61 Å². The molecule has 0 spiro atoms. The Morgan fingerprint density at radius 1 is 1.57 bits per heavy atom. The summed E-state index contributed by atoms with van der Waals surface area (Å²) in [6.07, 6.45) is 2.19. The van der Waals surface area contributed by atoms with Crippen molar-refractivity contribution >= 4 is 17.4 Å². The van der Waals surface area contributed by atoms with Gasteiger partial charge < -0.3 is 10.1 Å². The van der Waals surface area contributed by atoms with Crippen LogP contribution in [-0.2, 0) is 4.74 Å². The lowest BCUT2D eigenvalue weighted by atomic mass is 10.2. The summed E-state index contributed by atoms with van der Waals surface area (Å²) in [4.78, 5) is 15.3. The molecule has 0 bridgehead atoms. The van der Waals surface area contributed by atoms with E-state index >= 15 is 0 Å². The molecule has 4 nitrogen and oxygen atoms in total. The predicted octanol–water partition coefficient (Wildman–Crippen LogP) is 1.80. The second-order valence-electron chi connectivity index (χ2n) is 3.68. The first-order valence-corrected chi connectivity index (χ1v) is 5.59. The lowest BCUT2D eigenvalue weighted by molar-refractivity contribution is 0.177. The Kier molecular flexibility index (Phi) is 1.73. The summed E-state index contributed by atoms with van der Waals surface area (Å²) >= 11 is 1.69. The molecule has 1 atom stereocenters. The Balaban J connectivity index is 1.78. The number of rotatable bonds is 2. The van der Waals surface area contributed by atoms with Crippen molar-refractivity contribution in [3.05, 3.63) is 16.1 Å². The molecule has 1 aliphatic carbocycles. The fourth-order valence-corrected chi connectivity index (χ4v) is 2.57. The summed E-state index contributed by atoms with van der Waals surface area (Å²) in [5, 5.41) is 5.96. The van der Waals surface area contributed by atoms with Gasteiger partial charge in [0, 0.05) is 11.3 Å². The molecule has 3 rings (SSSR count). The Bertz CT molecular complexity index is 373. The molecule has 14 heavy (non-hydrogen) atoms. The van der Waals surface area contributed by atoms with E-state index in [4.69, 9.17) is 4.74 Å². The minimum absolute atomic E-state index is 0.0359. The summed E-state index contributed by atoms with van der Waals surface area (Å²) in [7, 11) is 0. The van der Waals surface area contributed by atoms with E-state index in [1.165, 1.54) is 17.8 Å². The van der Waals surface area contributed by atoms with E-state index in [1.807, 2.05) is 5.38 Å². The lowest BCUT2D eigenvalue weighted by Crippen LogP contribution is -2.18. The minimum atomic E-state index is -0.337. The van der Waals surface area contributed by atoms with Gasteiger partial charge in [-0.3, -0.25) is 0 Å². The number of amides is 1. The third kappa shape index (κ3) is 1.37. The third-order valence-electron chi connectivity index (χ3n) is 2.50. The van der Waals surface area contributed by atoms with E-state index in [0.717, 1.165) is 5.69 Å². The van der Waals surface area contributed by atoms with Gasteiger partial charge in [-0.2, -0.15) is 0 Å². The normalized spacial score (nSPS) is 26.0. The Labute approximate surface area is 85.3 Å². The van der Waals surface area contributed by atoms with E-state index < -0.39 is 0 Å². The molecule has 5 heteroatoms. The molecule has 0 aromatic carbocycles. The number of thiazole rings is 1. The molecule has 2 aliphatic rings. The number of nitrogens with one attached hydrogen (secondary N) is 1. The van der Waals surface area contributed by atoms with Crippen LogP contribution in [0.3, 0.4) is 0 Å². The summed E-state index contributed by atoms with van der Waals surface area (Å²) in [6, 6.07) is -0.0359. The van der Waals surface area contributed by atoms with Gasteiger partial charge in [0.25, 0.3) is 0 Å². The first kappa shape index (κ1) is 8.23. The lowest BCUT2D eigenvalue weighted by Gasteiger charge is -2.01. The van der Waals surface area contributed by atoms with Crippen LogP contribution >= 0.6 is 11.3 Å². The summed E-state index contributed by atoms with van der Waals surface area (Å²) in [6.45, 7) is 0.409. The Morgan fingerprint density at radius 2 is 2.43 bits per heavy atom. The Morgan fingerprint density at radius 3 is 3.07 bits per heavy atom. The summed E-state index contributed by atoms with van der Waals surface area (Å²) < 4.78 is 4.82. The molecule has 2 fully saturated rings. The van der Waals surface area contributed by atoms with Crippen LogP contribution in [0.1, 0.15) is 35.5 Å². The van der Waals surface area contributed by atoms with Gasteiger partial charge in [-0.15, -0.1) is 11.3 Å². The molecular formula is C9H10N2O2S. The Hall–Kier alpha value is -1.10. The number of ether oxygens (including phenoxy) is 1. The highest BCUT2D eigenvalue weighted by Gasteiger charge is 2.30. The zero-order valence-corrected chi connectivity index (χ0v) is 8.34. The average molecular weight is 210 g/mol. The van der Waals surface area contributed by atoms with Crippen molar-refractivity contribution in [3.63, 3.8) is 0 Å². The van der Waals surface area contributed by atoms with Gasteiger partial charge in [0.2, 0.25) is 0 Å². The van der Waals surface area contributed by atoms with E-state index in [0.29, 0.717) is 12.5 Å². The number of carbonyl (C=O) groups is 1. The number of nitrogens with zero attached hydrogens (tertiary/aromatic N) is 1. The van der Waals surface area contributed by atoms with Gasteiger partial charge in [-0.05, 0) is 12.8 Å². The first-order valence-electron chi connectivity index (χ1n) is 4.71. The number of cyclic esters (lactones) is 1. The maximum absolute atomic E-state index is 10.8. The monoisotopic (exact) mass is 210 g/mol. The van der Waals surface area contributed by atoms with Crippen LogP contribution in [0, 0.1) is 0 Å². The molecule has 74 valence electrons. The molecule has 1 saturated carbocycles. The maximum atomic E-state index is 10.8. The van der Waals surface area contributed by atoms with Crippen LogP contribution < -0.4 is 5.32 Å². The van der Waals surface area contributed by atoms with E-state index in [2.05, 4.69) is 10.3 Å². The standard InChI is InChI=1S/C9H10N2O2S/c12-9-11-6(3-13-9)7-4-14-8(10-7)5-1-2-5/h4-6H,1-3H2,(H,11,12). The molecule has 1 aliphatic heterocycles. The van der Waals surface area contributed by atoms with Crippen molar-refractivity contribution in [3.8, 4) is 0 Å². The summed E-state index contributed by atoms with van der Waals surface area (Å²) in [5.74, 6) is 0.687. The van der Waals surface area contributed by atoms with Gasteiger partial charge in [-0.25, -0.2) is 9.78 Å². The highest BCUT2D eigenvalue weighted by molar-refractivity contribution is 7.09. The van der Waals surface area contributed by atoms with Gasteiger partial charge >= 0.3 is 6.09 Å². The smallest absolute Gasteiger partial charge is 0.407 e. The van der Waals surface area contributed by atoms with Crippen LogP contribution in [0.4, 0.5) is 4.79 Å². The molecule has 2 heterocycles. The molecule has 1 amide bonds. The number of hydrogen-bond acceptors (Lipinski definition) is 4. The van der Waals surface area contributed by atoms with Gasteiger partial charge in [0.1, 0.15) is 12.6 Å². The van der Waals surface area contributed by atoms with Crippen LogP contribution in [-0.4, -0.2) is 17.7 Å². The van der Waals surface area contributed by atoms with Gasteiger partial charge in [0.05, 0.1) is 10.7 Å². The van der Waals surface area contributed by atoms with Crippen molar-refractivity contribution in [2.24, 2.45) is 0 Å². The summed E-state index contributed by atoms with van der Waals surface area (Å²) in [5.41, 5.74) is 0.947. The highest BCUT2D eigenvalue weighted by atomic mass is 32.1. The van der Waals surface area contributed by atoms with Crippen LogP contribution in [0.5, 0.6) is 0 Å². The van der Waals surface area contributed by atoms with Crippen LogP contribution in [0.25, 0.3) is 0 Å². The van der Waals surface area contributed by atoms with Crippen molar-refractivity contribution in [1.29, 1.82) is 0 Å². The number of aromatic nitrogens is 1. The molecule has 1 aromatic rings. The number of carbonyl (C=O) groups excluding carboxylic acids is 1. The zero-order chi connectivity index (χ0) is 9.54. The second-order valence-corrected chi connectivity index (χ2v) is 4.57. The molecule has 1 saturated heterocycles. The topological polar surface area (TPSA) is 51.2 Å². The molecule has 0 radical (unpaired) electrons.